The zero-order valence-corrected chi connectivity index (χ0v) is 7.88. The van der Waals surface area contributed by atoms with Gasteiger partial charge in [0.25, 0.3) is 0 Å². The number of aromatic nitrogens is 2. The minimum atomic E-state index is -0.965. The van der Waals surface area contributed by atoms with E-state index in [1.54, 1.807) is 12.1 Å². The summed E-state index contributed by atoms with van der Waals surface area (Å²) in [6.45, 7) is 0. The largest absolute Gasteiger partial charge is 0.478 e. The zero-order chi connectivity index (χ0) is 10.1. The van der Waals surface area contributed by atoms with E-state index in [0.29, 0.717) is 5.52 Å². The third-order valence-corrected chi connectivity index (χ3v) is 2.28. The SMILES string of the molecule is O=C(O)c1cc(CCl)c2nc[nH]c2c1. The number of H-pyrrole nitrogens is 1. The van der Waals surface area contributed by atoms with Crippen LogP contribution in [-0.2, 0) is 5.88 Å². The number of carbonyl (C=O) groups is 1. The van der Waals surface area contributed by atoms with Crippen molar-refractivity contribution in [1.82, 2.24) is 9.97 Å². The highest BCUT2D eigenvalue weighted by molar-refractivity contribution is 6.18. The van der Waals surface area contributed by atoms with E-state index in [0.717, 1.165) is 11.1 Å². The van der Waals surface area contributed by atoms with Crippen LogP contribution in [0.1, 0.15) is 15.9 Å². The van der Waals surface area contributed by atoms with Crippen LogP contribution < -0.4 is 0 Å². The fourth-order valence-electron chi connectivity index (χ4n) is 1.35. The van der Waals surface area contributed by atoms with Crippen LogP contribution >= 0.6 is 11.6 Å². The Morgan fingerprint density at radius 2 is 2.36 bits per heavy atom. The van der Waals surface area contributed by atoms with Crippen LogP contribution in [0.25, 0.3) is 11.0 Å². The van der Waals surface area contributed by atoms with Gasteiger partial charge >= 0.3 is 5.97 Å². The molecule has 0 aliphatic rings. The van der Waals surface area contributed by atoms with E-state index in [2.05, 4.69) is 9.97 Å². The summed E-state index contributed by atoms with van der Waals surface area (Å²) in [7, 11) is 0. The van der Waals surface area contributed by atoms with Crippen LogP contribution in [0.2, 0.25) is 0 Å². The van der Waals surface area contributed by atoms with Crippen LogP contribution in [0.4, 0.5) is 0 Å². The second-order valence-corrected chi connectivity index (χ2v) is 3.14. The third-order valence-electron chi connectivity index (χ3n) is 1.99. The van der Waals surface area contributed by atoms with E-state index in [1.165, 1.54) is 6.33 Å². The Morgan fingerprint density at radius 3 is 3.00 bits per heavy atom. The summed E-state index contributed by atoms with van der Waals surface area (Å²) in [6.07, 6.45) is 1.52. The molecule has 1 aromatic heterocycles. The highest BCUT2D eigenvalue weighted by Gasteiger charge is 2.09. The quantitative estimate of drug-likeness (QED) is 0.745. The molecule has 2 rings (SSSR count). The molecule has 0 aliphatic carbocycles. The van der Waals surface area contributed by atoms with Gasteiger partial charge in [0.1, 0.15) is 0 Å². The summed E-state index contributed by atoms with van der Waals surface area (Å²) in [5, 5.41) is 8.82. The summed E-state index contributed by atoms with van der Waals surface area (Å²) in [5.41, 5.74) is 2.37. The molecule has 14 heavy (non-hydrogen) atoms. The van der Waals surface area contributed by atoms with E-state index in [1.807, 2.05) is 0 Å². The average Bonchev–Trinajstić information content (AvgIpc) is 2.63. The number of carboxylic acids is 1. The summed E-state index contributed by atoms with van der Waals surface area (Å²) in [4.78, 5) is 17.7. The predicted molar refractivity (Wildman–Crippen MR) is 52.6 cm³/mol. The van der Waals surface area contributed by atoms with Crippen molar-refractivity contribution in [3.63, 3.8) is 0 Å². The maximum atomic E-state index is 10.8. The Balaban J connectivity index is 2.73. The molecule has 0 aliphatic heterocycles. The molecule has 0 atom stereocenters. The number of carboxylic acid groups (broad SMARTS) is 1. The van der Waals surface area contributed by atoms with Gasteiger partial charge in [0.15, 0.2) is 0 Å². The number of aromatic amines is 1. The molecule has 0 saturated heterocycles. The lowest BCUT2D eigenvalue weighted by molar-refractivity contribution is 0.0697. The lowest BCUT2D eigenvalue weighted by Crippen LogP contribution is -1.97. The van der Waals surface area contributed by atoms with E-state index in [9.17, 15) is 4.79 Å². The maximum Gasteiger partial charge on any atom is 0.335 e. The van der Waals surface area contributed by atoms with Crippen LogP contribution in [0.5, 0.6) is 0 Å². The first-order valence-corrected chi connectivity index (χ1v) is 4.51. The summed E-state index contributed by atoms with van der Waals surface area (Å²) in [5.74, 6) is -0.712. The Morgan fingerprint density at radius 1 is 1.57 bits per heavy atom. The van der Waals surface area contributed by atoms with Gasteiger partial charge in [0.2, 0.25) is 0 Å². The van der Waals surface area contributed by atoms with Gasteiger partial charge in [-0.15, -0.1) is 11.6 Å². The number of hydrogen-bond donors (Lipinski definition) is 2. The molecule has 0 amide bonds. The standard InChI is InChI=1S/C9H7ClN2O2/c10-3-6-1-5(9(13)14)2-7-8(6)12-4-11-7/h1-2,4H,3H2,(H,11,12)(H,13,14). The average molecular weight is 211 g/mol. The van der Waals surface area contributed by atoms with Crippen LogP contribution in [0, 0.1) is 0 Å². The molecular weight excluding hydrogens is 204 g/mol. The highest BCUT2D eigenvalue weighted by Crippen LogP contribution is 2.19. The Bertz CT molecular complexity index is 493. The smallest absolute Gasteiger partial charge is 0.335 e. The fraction of sp³-hybridized carbons (Fsp3) is 0.111. The second kappa shape index (κ2) is 3.31. The van der Waals surface area contributed by atoms with Gasteiger partial charge in [-0.05, 0) is 17.7 Å². The van der Waals surface area contributed by atoms with Crippen molar-refractivity contribution in [3.8, 4) is 0 Å². The first-order chi connectivity index (χ1) is 6.72. The number of nitrogens with one attached hydrogen (secondary N) is 1. The normalized spacial score (nSPS) is 10.6. The van der Waals surface area contributed by atoms with E-state index in [-0.39, 0.29) is 11.4 Å². The number of fused-ring (bicyclic) bond motifs is 1. The minimum absolute atomic E-state index is 0.220. The zero-order valence-electron chi connectivity index (χ0n) is 7.12. The molecule has 0 saturated carbocycles. The summed E-state index contributed by atoms with van der Waals surface area (Å²) >= 11 is 5.69. The van der Waals surface area contributed by atoms with Gasteiger partial charge in [-0.2, -0.15) is 0 Å². The highest BCUT2D eigenvalue weighted by atomic mass is 35.5. The number of nitrogens with zero attached hydrogens (tertiary/aromatic N) is 1. The van der Waals surface area contributed by atoms with Crippen LogP contribution in [-0.4, -0.2) is 21.0 Å². The van der Waals surface area contributed by atoms with Crippen molar-refractivity contribution in [1.29, 1.82) is 0 Å². The fourth-order valence-corrected chi connectivity index (χ4v) is 1.55. The van der Waals surface area contributed by atoms with Crippen molar-refractivity contribution >= 4 is 28.6 Å². The molecule has 0 bridgehead atoms. The lowest BCUT2D eigenvalue weighted by atomic mass is 10.1. The predicted octanol–water partition coefficient (Wildman–Crippen LogP) is 2.00. The number of imidazole rings is 1. The van der Waals surface area contributed by atoms with Gasteiger partial charge in [-0.3, -0.25) is 0 Å². The Kier molecular flexibility index (Phi) is 2.13. The van der Waals surface area contributed by atoms with Crippen molar-refractivity contribution < 1.29 is 9.90 Å². The summed E-state index contributed by atoms with van der Waals surface area (Å²) in [6, 6.07) is 3.08. The van der Waals surface area contributed by atoms with E-state index >= 15 is 0 Å². The minimum Gasteiger partial charge on any atom is -0.478 e. The first-order valence-electron chi connectivity index (χ1n) is 3.97. The van der Waals surface area contributed by atoms with Crippen molar-refractivity contribution in [2.24, 2.45) is 0 Å². The molecule has 1 heterocycles. The molecule has 0 radical (unpaired) electrons. The van der Waals surface area contributed by atoms with Crippen LogP contribution in [0.15, 0.2) is 18.5 Å². The van der Waals surface area contributed by atoms with Gasteiger partial charge in [-0.1, -0.05) is 0 Å². The molecule has 4 nitrogen and oxygen atoms in total. The first kappa shape index (κ1) is 9.02. The Hall–Kier alpha value is -1.55. The maximum absolute atomic E-state index is 10.8. The molecule has 2 aromatic rings. The van der Waals surface area contributed by atoms with Gasteiger partial charge in [0, 0.05) is 5.88 Å². The number of rotatable bonds is 2. The molecule has 0 unspecified atom stereocenters. The van der Waals surface area contributed by atoms with Gasteiger partial charge in [-0.25, -0.2) is 9.78 Å². The molecular formula is C9H7ClN2O2. The molecule has 2 N–H and O–H groups in total. The number of halogens is 1. The Labute approximate surface area is 84.5 Å². The molecule has 0 fully saturated rings. The second-order valence-electron chi connectivity index (χ2n) is 2.87. The molecule has 0 spiro atoms. The van der Waals surface area contributed by atoms with E-state index in [4.69, 9.17) is 16.7 Å². The lowest BCUT2D eigenvalue weighted by Gasteiger charge is -1.99. The molecule has 5 heteroatoms. The van der Waals surface area contributed by atoms with Crippen molar-refractivity contribution in [3.05, 3.63) is 29.6 Å². The molecule has 1 aromatic carbocycles. The van der Waals surface area contributed by atoms with E-state index < -0.39 is 5.97 Å². The number of hydrogen-bond acceptors (Lipinski definition) is 2. The number of benzene rings is 1. The topological polar surface area (TPSA) is 66.0 Å². The third kappa shape index (κ3) is 1.33. The summed E-state index contributed by atoms with van der Waals surface area (Å²) < 4.78 is 0. The van der Waals surface area contributed by atoms with Crippen molar-refractivity contribution in [2.75, 3.05) is 0 Å². The monoisotopic (exact) mass is 210 g/mol. The van der Waals surface area contributed by atoms with Gasteiger partial charge < -0.3 is 10.1 Å². The van der Waals surface area contributed by atoms with Crippen molar-refractivity contribution in [2.45, 2.75) is 5.88 Å². The molecule has 72 valence electrons. The number of aromatic carboxylic acids is 1. The van der Waals surface area contributed by atoms with Crippen LogP contribution in [0.3, 0.4) is 0 Å². The van der Waals surface area contributed by atoms with Gasteiger partial charge in [0.05, 0.1) is 22.9 Å². The number of alkyl halides is 1.